The number of fused-ring (bicyclic) bond motifs is 1. The highest BCUT2D eigenvalue weighted by Crippen LogP contribution is 2.11. The molecule has 3 nitrogen and oxygen atoms in total. The predicted molar refractivity (Wildman–Crippen MR) is 59.1 cm³/mol. The van der Waals surface area contributed by atoms with Crippen molar-refractivity contribution in [2.45, 2.75) is 20.8 Å². The number of rotatable bonds is 2. The second-order valence-corrected chi connectivity index (χ2v) is 4.04. The zero-order chi connectivity index (χ0) is 11.0. The number of carbonyl (C=O) groups is 1. The van der Waals surface area contributed by atoms with Crippen molar-refractivity contribution in [1.82, 2.24) is 9.38 Å². The number of carbonyl (C=O) groups excluding carboxylic acids is 1. The molecular weight excluding hydrogens is 188 g/mol. The van der Waals surface area contributed by atoms with E-state index in [9.17, 15) is 4.79 Å². The fraction of sp³-hybridized carbons (Fsp3) is 0.333. The number of Topliss-reactive ketones (excluding diaryl/α,β-unsaturated/α-hetero) is 1. The van der Waals surface area contributed by atoms with Crippen molar-refractivity contribution in [2.75, 3.05) is 0 Å². The molecule has 0 N–H and O–H groups in total. The van der Waals surface area contributed by atoms with Gasteiger partial charge in [-0.05, 0) is 19.1 Å². The molecule has 0 fully saturated rings. The lowest BCUT2D eigenvalue weighted by Gasteiger charge is -1.98. The molecule has 78 valence electrons. The molecule has 0 atom stereocenters. The average Bonchev–Trinajstić information content (AvgIpc) is 2.61. The molecule has 0 aliphatic carbocycles. The van der Waals surface area contributed by atoms with Crippen LogP contribution in [0.2, 0.25) is 0 Å². The Kier molecular flexibility index (Phi) is 2.31. The molecule has 0 radical (unpaired) electrons. The first-order chi connectivity index (χ1) is 7.09. The Labute approximate surface area is 88.8 Å². The van der Waals surface area contributed by atoms with Crippen LogP contribution in [0.15, 0.2) is 24.4 Å². The van der Waals surface area contributed by atoms with Gasteiger partial charge in [0.2, 0.25) is 0 Å². The highest BCUT2D eigenvalue weighted by molar-refractivity contribution is 5.96. The Morgan fingerprint density at radius 3 is 2.73 bits per heavy atom. The van der Waals surface area contributed by atoms with Crippen molar-refractivity contribution in [1.29, 1.82) is 0 Å². The minimum Gasteiger partial charge on any atom is -0.304 e. The summed E-state index contributed by atoms with van der Waals surface area (Å²) in [6, 6.07) is 5.85. The molecule has 0 bridgehead atoms. The maximum atomic E-state index is 11.7. The third-order valence-electron chi connectivity index (χ3n) is 2.47. The molecule has 2 heterocycles. The van der Waals surface area contributed by atoms with Crippen molar-refractivity contribution >= 4 is 11.4 Å². The van der Waals surface area contributed by atoms with E-state index in [-0.39, 0.29) is 11.7 Å². The van der Waals surface area contributed by atoms with Crippen LogP contribution in [0.5, 0.6) is 0 Å². The fourth-order valence-corrected chi connectivity index (χ4v) is 1.56. The molecule has 0 saturated carbocycles. The minimum absolute atomic E-state index is 0.00443. The van der Waals surface area contributed by atoms with Crippen LogP contribution in [-0.2, 0) is 0 Å². The lowest BCUT2D eigenvalue weighted by Crippen LogP contribution is -2.07. The van der Waals surface area contributed by atoms with Crippen molar-refractivity contribution in [3.63, 3.8) is 0 Å². The highest BCUT2D eigenvalue weighted by Gasteiger charge is 2.14. The number of pyridine rings is 1. The monoisotopic (exact) mass is 202 g/mol. The number of aromatic nitrogens is 2. The number of aryl methyl sites for hydroxylation is 1. The maximum absolute atomic E-state index is 11.7. The molecule has 2 rings (SSSR count). The summed E-state index contributed by atoms with van der Waals surface area (Å²) in [5.41, 5.74) is 2.47. The van der Waals surface area contributed by atoms with Gasteiger partial charge in [0, 0.05) is 17.8 Å². The number of hydrogen-bond donors (Lipinski definition) is 0. The van der Waals surface area contributed by atoms with Gasteiger partial charge in [-0.25, -0.2) is 4.98 Å². The van der Waals surface area contributed by atoms with Gasteiger partial charge in [-0.2, -0.15) is 0 Å². The fourth-order valence-electron chi connectivity index (χ4n) is 1.56. The molecule has 0 aliphatic heterocycles. The summed E-state index contributed by atoms with van der Waals surface area (Å²) >= 11 is 0. The van der Waals surface area contributed by atoms with E-state index in [1.807, 2.05) is 49.6 Å². The summed E-state index contributed by atoms with van der Waals surface area (Å²) < 4.78 is 1.94. The quantitative estimate of drug-likeness (QED) is 0.701. The van der Waals surface area contributed by atoms with Crippen LogP contribution in [-0.4, -0.2) is 15.2 Å². The van der Waals surface area contributed by atoms with Crippen molar-refractivity contribution in [2.24, 2.45) is 5.92 Å². The van der Waals surface area contributed by atoms with Crippen LogP contribution in [0, 0.1) is 12.8 Å². The summed E-state index contributed by atoms with van der Waals surface area (Å²) in [6.07, 6.45) is 1.81. The molecule has 0 spiro atoms. The van der Waals surface area contributed by atoms with Crippen molar-refractivity contribution in [3.8, 4) is 0 Å². The van der Waals surface area contributed by atoms with Crippen LogP contribution in [0.25, 0.3) is 5.65 Å². The first-order valence-corrected chi connectivity index (χ1v) is 5.08. The van der Waals surface area contributed by atoms with Crippen LogP contribution in [0.4, 0.5) is 0 Å². The Morgan fingerprint density at radius 1 is 1.40 bits per heavy atom. The van der Waals surface area contributed by atoms with Crippen LogP contribution in [0.1, 0.15) is 30.0 Å². The largest absolute Gasteiger partial charge is 0.304 e. The van der Waals surface area contributed by atoms with Crippen molar-refractivity contribution < 1.29 is 4.79 Å². The van der Waals surface area contributed by atoms with Gasteiger partial charge in [0.05, 0.1) is 0 Å². The lowest BCUT2D eigenvalue weighted by molar-refractivity contribution is 0.0935. The van der Waals surface area contributed by atoms with E-state index in [0.29, 0.717) is 5.69 Å². The molecular formula is C12H14N2O. The molecule has 0 aliphatic rings. The molecule has 0 saturated heterocycles. The Bertz CT molecular complexity index is 511. The molecule has 15 heavy (non-hydrogen) atoms. The number of nitrogens with zero attached hydrogens (tertiary/aromatic N) is 2. The molecule has 2 aromatic heterocycles. The van der Waals surface area contributed by atoms with Gasteiger partial charge >= 0.3 is 0 Å². The van der Waals surface area contributed by atoms with Gasteiger partial charge < -0.3 is 4.40 Å². The zero-order valence-corrected chi connectivity index (χ0v) is 9.19. The highest BCUT2D eigenvalue weighted by atomic mass is 16.1. The van der Waals surface area contributed by atoms with Gasteiger partial charge in [0.15, 0.2) is 5.78 Å². The summed E-state index contributed by atoms with van der Waals surface area (Å²) in [6.45, 7) is 5.77. The molecule has 0 unspecified atom stereocenters. The average molecular weight is 202 g/mol. The second-order valence-electron chi connectivity index (χ2n) is 4.04. The van der Waals surface area contributed by atoms with Gasteiger partial charge in [0.1, 0.15) is 11.3 Å². The third kappa shape index (κ3) is 1.65. The molecule has 0 aromatic carbocycles. The summed E-state index contributed by atoms with van der Waals surface area (Å²) in [5, 5.41) is 0. The van der Waals surface area contributed by atoms with Crippen LogP contribution >= 0.6 is 0 Å². The normalized spacial score (nSPS) is 11.2. The smallest absolute Gasteiger partial charge is 0.185 e. The Morgan fingerprint density at radius 2 is 2.13 bits per heavy atom. The first-order valence-electron chi connectivity index (χ1n) is 5.08. The first kappa shape index (κ1) is 9.90. The van der Waals surface area contributed by atoms with Gasteiger partial charge in [0.25, 0.3) is 0 Å². The Hall–Kier alpha value is -1.64. The lowest BCUT2D eigenvalue weighted by atomic mass is 10.1. The van der Waals surface area contributed by atoms with E-state index in [4.69, 9.17) is 0 Å². The van der Waals surface area contributed by atoms with E-state index in [0.717, 1.165) is 11.3 Å². The van der Waals surface area contributed by atoms with Gasteiger partial charge in [-0.3, -0.25) is 4.79 Å². The summed E-state index contributed by atoms with van der Waals surface area (Å²) in [5.74, 6) is 0.0910. The SMILES string of the molecule is Cc1cccc2nc(C(=O)C(C)C)cn12. The zero-order valence-electron chi connectivity index (χ0n) is 9.19. The molecule has 0 amide bonds. The Balaban J connectivity index is 2.57. The van der Waals surface area contributed by atoms with Crippen molar-refractivity contribution in [3.05, 3.63) is 35.8 Å². The van der Waals surface area contributed by atoms with E-state index < -0.39 is 0 Å². The van der Waals surface area contributed by atoms with E-state index in [2.05, 4.69) is 4.98 Å². The molecule has 3 heteroatoms. The van der Waals surface area contributed by atoms with Gasteiger partial charge in [-0.15, -0.1) is 0 Å². The number of imidazole rings is 1. The minimum atomic E-state index is -0.00443. The predicted octanol–water partition coefficient (Wildman–Crippen LogP) is 2.48. The summed E-state index contributed by atoms with van der Waals surface area (Å²) in [7, 11) is 0. The van der Waals surface area contributed by atoms with E-state index in [1.54, 1.807) is 0 Å². The topological polar surface area (TPSA) is 34.4 Å². The van der Waals surface area contributed by atoms with Crippen LogP contribution < -0.4 is 0 Å². The molecule has 2 aromatic rings. The van der Waals surface area contributed by atoms with Gasteiger partial charge in [-0.1, -0.05) is 19.9 Å². The van der Waals surface area contributed by atoms with E-state index in [1.165, 1.54) is 0 Å². The maximum Gasteiger partial charge on any atom is 0.185 e. The number of hydrogen-bond acceptors (Lipinski definition) is 2. The van der Waals surface area contributed by atoms with E-state index >= 15 is 0 Å². The third-order valence-corrected chi connectivity index (χ3v) is 2.47. The standard InChI is InChI=1S/C12H14N2O/c1-8(2)12(15)10-7-14-9(3)5-4-6-11(14)13-10/h4-8H,1-3H3. The second kappa shape index (κ2) is 3.50. The number of ketones is 1. The summed E-state index contributed by atoms with van der Waals surface area (Å²) in [4.78, 5) is 16.1. The van der Waals surface area contributed by atoms with Crippen LogP contribution in [0.3, 0.4) is 0 Å².